The van der Waals surface area contributed by atoms with E-state index in [2.05, 4.69) is 5.32 Å². The van der Waals surface area contributed by atoms with Crippen molar-refractivity contribution >= 4 is 11.7 Å². The van der Waals surface area contributed by atoms with Gasteiger partial charge in [-0.2, -0.15) is 0 Å². The molecular weight excluding hydrogens is 252 g/mol. The van der Waals surface area contributed by atoms with Crippen LogP contribution in [0.3, 0.4) is 0 Å². The smallest absolute Gasteiger partial charge is 0.324 e. The first-order valence-electron chi connectivity index (χ1n) is 5.93. The number of ether oxygens (including phenoxy) is 1. The predicted octanol–water partition coefficient (Wildman–Crippen LogP) is 1.18. The van der Waals surface area contributed by atoms with Gasteiger partial charge in [0, 0.05) is 12.1 Å². The van der Waals surface area contributed by atoms with E-state index in [-0.39, 0.29) is 24.1 Å². The Morgan fingerprint density at radius 2 is 2.21 bits per heavy atom. The Bertz CT molecular complexity index is 487. The van der Waals surface area contributed by atoms with Crippen molar-refractivity contribution in [3.8, 4) is 5.75 Å². The first kappa shape index (κ1) is 13.3. The fourth-order valence-electron chi connectivity index (χ4n) is 1.63. The van der Waals surface area contributed by atoms with Gasteiger partial charge in [-0.15, -0.1) is 0 Å². The molecule has 7 heteroatoms. The van der Waals surface area contributed by atoms with E-state index in [4.69, 9.17) is 9.84 Å². The highest BCUT2D eigenvalue weighted by atomic mass is 16.6. The zero-order valence-corrected chi connectivity index (χ0v) is 10.1. The van der Waals surface area contributed by atoms with Crippen LogP contribution in [0, 0.1) is 10.1 Å². The van der Waals surface area contributed by atoms with Crippen LogP contribution in [0.25, 0.3) is 0 Å². The van der Waals surface area contributed by atoms with Gasteiger partial charge in [0.15, 0.2) is 5.75 Å². The highest BCUT2D eigenvalue weighted by molar-refractivity contribution is 5.73. The maximum absolute atomic E-state index is 11.0. The third-order valence-corrected chi connectivity index (χ3v) is 2.78. The molecular formula is C12H14N2O5. The number of para-hydroxylation sites is 2. The lowest BCUT2D eigenvalue weighted by molar-refractivity contribution is -0.385. The second kappa shape index (κ2) is 5.66. The van der Waals surface area contributed by atoms with E-state index in [1.54, 1.807) is 6.07 Å². The molecule has 0 amide bonds. The zero-order chi connectivity index (χ0) is 13.8. The molecule has 1 unspecified atom stereocenters. The van der Waals surface area contributed by atoms with Gasteiger partial charge in [-0.25, -0.2) is 0 Å². The van der Waals surface area contributed by atoms with Gasteiger partial charge in [-0.3, -0.25) is 20.2 Å². The number of rotatable bonds is 7. The van der Waals surface area contributed by atoms with Gasteiger partial charge >= 0.3 is 11.7 Å². The molecule has 0 bridgehead atoms. The minimum atomic E-state index is -1.02. The van der Waals surface area contributed by atoms with Crippen molar-refractivity contribution in [2.75, 3.05) is 6.61 Å². The van der Waals surface area contributed by atoms with Crippen molar-refractivity contribution in [2.24, 2.45) is 0 Å². The minimum Gasteiger partial charge on any atom is -0.485 e. The largest absolute Gasteiger partial charge is 0.485 e. The minimum absolute atomic E-state index is 0.0800. The number of hydrogen-bond donors (Lipinski definition) is 2. The molecule has 1 atom stereocenters. The molecule has 19 heavy (non-hydrogen) atoms. The summed E-state index contributed by atoms with van der Waals surface area (Å²) in [5.74, 6) is -0.943. The average molecular weight is 266 g/mol. The van der Waals surface area contributed by atoms with Crippen LogP contribution in [0.1, 0.15) is 12.8 Å². The van der Waals surface area contributed by atoms with Crippen molar-refractivity contribution < 1.29 is 19.6 Å². The van der Waals surface area contributed by atoms with Gasteiger partial charge in [-0.1, -0.05) is 12.1 Å². The van der Waals surface area contributed by atoms with Gasteiger partial charge in [0.2, 0.25) is 0 Å². The molecule has 0 radical (unpaired) electrons. The van der Waals surface area contributed by atoms with Crippen LogP contribution in [-0.2, 0) is 4.79 Å². The quantitative estimate of drug-likeness (QED) is 0.567. The lowest BCUT2D eigenvalue weighted by atomic mass is 10.3. The van der Waals surface area contributed by atoms with Crippen LogP contribution in [0.5, 0.6) is 5.75 Å². The highest BCUT2D eigenvalue weighted by Gasteiger charge is 2.29. The number of nitrogens with one attached hydrogen (secondary N) is 1. The molecule has 2 rings (SSSR count). The molecule has 1 aliphatic rings. The van der Waals surface area contributed by atoms with Crippen molar-refractivity contribution in [3.05, 3.63) is 34.4 Å². The van der Waals surface area contributed by atoms with E-state index in [0.717, 1.165) is 12.8 Å². The Balaban J connectivity index is 1.99. The number of hydrogen-bond acceptors (Lipinski definition) is 5. The van der Waals surface area contributed by atoms with Crippen molar-refractivity contribution in [1.29, 1.82) is 0 Å². The second-order valence-corrected chi connectivity index (χ2v) is 4.37. The Kier molecular flexibility index (Phi) is 3.96. The predicted molar refractivity (Wildman–Crippen MR) is 66.2 cm³/mol. The van der Waals surface area contributed by atoms with Gasteiger partial charge < -0.3 is 9.84 Å². The third kappa shape index (κ3) is 3.65. The van der Waals surface area contributed by atoms with Crippen molar-refractivity contribution in [2.45, 2.75) is 24.9 Å². The summed E-state index contributed by atoms with van der Waals surface area (Å²) in [7, 11) is 0. The number of carbonyl (C=O) groups is 1. The van der Waals surface area contributed by atoms with Gasteiger partial charge in [0.25, 0.3) is 0 Å². The maximum Gasteiger partial charge on any atom is 0.324 e. The summed E-state index contributed by atoms with van der Waals surface area (Å²) in [6.07, 6.45) is 1.91. The van der Waals surface area contributed by atoms with E-state index in [1.807, 2.05) is 0 Å². The molecule has 1 aliphatic carbocycles. The van der Waals surface area contributed by atoms with Crippen molar-refractivity contribution in [1.82, 2.24) is 5.32 Å². The number of carboxylic acid groups (broad SMARTS) is 1. The number of nitro benzene ring substituents is 1. The summed E-state index contributed by atoms with van der Waals surface area (Å²) in [4.78, 5) is 21.3. The zero-order valence-electron chi connectivity index (χ0n) is 10.1. The molecule has 0 aromatic heterocycles. The molecule has 1 saturated carbocycles. The Morgan fingerprint density at radius 3 is 2.79 bits per heavy atom. The molecule has 1 aromatic rings. The van der Waals surface area contributed by atoms with E-state index >= 15 is 0 Å². The monoisotopic (exact) mass is 266 g/mol. The molecule has 7 nitrogen and oxygen atoms in total. The van der Waals surface area contributed by atoms with E-state index < -0.39 is 16.9 Å². The topological polar surface area (TPSA) is 102 Å². The van der Waals surface area contributed by atoms with E-state index in [1.165, 1.54) is 18.2 Å². The van der Waals surface area contributed by atoms with Gasteiger partial charge in [0.1, 0.15) is 12.6 Å². The SMILES string of the molecule is O=C(O)C(COc1ccccc1[N+](=O)[O-])NC1CC1. The second-order valence-electron chi connectivity index (χ2n) is 4.37. The summed E-state index contributed by atoms with van der Waals surface area (Å²) >= 11 is 0. The Labute approximate surface area is 109 Å². The molecule has 0 spiro atoms. The van der Waals surface area contributed by atoms with Gasteiger partial charge in [0.05, 0.1) is 4.92 Å². The third-order valence-electron chi connectivity index (χ3n) is 2.78. The fraction of sp³-hybridized carbons (Fsp3) is 0.417. The lowest BCUT2D eigenvalue weighted by Gasteiger charge is -2.14. The number of carboxylic acids is 1. The standard InChI is InChI=1S/C12H14N2O5/c15-12(16)9(13-8-5-6-8)7-19-11-4-2-1-3-10(11)14(17)18/h1-4,8-9,13H,5-7H2,(H,15,16). The molecule has 0 heterocycles. The van der Waals surface area contributed by atoms with Crippen LogP contribution in [0.4, 0.5) is 5.69 Å². The first-order chi connectivity index (χ1) is 9.08. The molecule has 0 aliphatic heterocycles. The number of benzene rings is 1. The van der Waals surface area contributed by atoms with E-state index in [9.17, 15) is 14.9 Å². The highest BCUT2D eigenvalue weighted by Crippen LogP contribution is 2.26. The average Bonchev–Trinajstić information content (AvgIpc) is 3.18. The van der Waals surface area contributed by atoms with Crippen molar-refractivity contribution in [3.63, 3.8) is 0 Å². The molecule has 0 saturated heterocycles. The summed E-state index contributed by atoms with van der Waals surface area (Å²) in [5, 5.41) is 22.7. The molecule has 102 valence electrons. The van der Waals surface area contributed by atoms with Crippen LogP contribution in [0.2, 0.25) is 0 Å². The molecule has 1 aromatic carbocycles. The summed E-state index contributed by atoms with van der Waals surface area (Å²) in [6.45, 7) is -0.142. The normalized spacial score (nSPS) is 15.8. The first-order valence-corrected chi connectivity index (χ1v) is 5.93. The van der Waals surface area contributed by atoms with Crippen LogP contribution in [0.15, 0.2) is 24.3 Å². The lowest BCUT2D eigenvalue weighted by Crippen LogP contribution is -2.42. The van der Waals surface area contributed by atoms with Gasteiger partial charge in [-0.05, 0) is 18.9 Å². The number of nitro groups is 1. The van der Waals surface area contributed by atoms with Crippen LogP contribution in [-0.4, -0.2) is 34.7 Å². The number of nitrogens with zero attached hydrogens (tertiary/aromatic N) is 1. The molecule has 1 fully saturated rings. The fourth-order valence-corrected chi connectivity index (χ4v) is 1.63. The maximum atomic E-state index is 11.0. The van der Waals surface area contributed by atoms with Crippen LogP contribution >= 0.6 is 0 Å². The summed E-state index contributed by atoms with van der Waals surface area (Å²) in [6, 6.07) is 5.27. The Hall–Kier alpha value is -2.15. The number of aliphatic carboxylic acids is 1. The van der Waals surface area contributed by atoms with E-state index in [0.29, 0.717) is 0 Å². The van der Waals surface area contributed by atoms with Crippen LogP contribution < -0.4 is 10.1 Å². The summed E-state index contributed by atoms with van der Waals surface area (Å²) in [5.41, 5.74) is -0.168. The Morgan fingerprint density at radius 1 is 1.53 bits per heavy atom. The summed E-state index contributed by atoms with van der Waals surface area (Å²) < 4.78 is 5.27. The molecule has 2 N–H and O–H groups in total.